The predicted octanol–water partition coefficient (Wildman–Crippen LogP) is 2.63. The number of amides is 2. The van der Waals surface area contributed by atoms with Crippen molar-refractivity contribution >= 4 is 24.8 Å². The van der Waals surface area contributed by atoms with Gasteiger partial charge in [0.15, 0.2) is 0 Å². The molecular formula is C21H40N4O3S. The molecular weight excluding hydrogens is 388 g/mol. The van der Waals surface area contributed by atoms with E-state index in [-0.39, 0.29) is 23.5 Å². The van der Waals surface area contributed by atoms with Gasteiger partial charge in [0.05, 0.1) is 5.41 Å². The molecule has 0 radical (unpaired) electrons. The molecule has 2 rings (SSSR count). The lowest BCUT2D eigenvalue weighted by Gasteiger charge is -2.46. The minimum atomic E-state index is -0.493. The monoisotopic (exact) mass is 428 g/mol. The second-order valence-corrected chi connectivity index (χ2v) is 10.7. The molecule has 0 aromatic heterocycles. The van der Waals surface area contributed by atoms with E-state index in [0.717, 1.165) is 45.6 Å². The Hall–Kier alpha value is -0.990. The number of carbonyl (C=O) groups is 2. The molecule has 1 atom stereocenters. The molecule has 2 fully saturated rings. The van der Waals surface area contributed by atoms with Crippen LogP contribution in [0.15, 0.2) is 0 Å². The molecule has 1 N–H and O–H groups in total. The molecule has 0 bridgehead atoms. The Bertz CT molecular complexity index is 571. The number of ether oxygens (including phenoxy) is 1. The fraction of sp³-hybridized carbons (Fsp3) is 0.905. The fourth-order valence-electron chi connectivity index (χ4n) is 4.06. The first-order chi connectivity index (χ1) is 13.4. The molecule has 0 aromatic rings. The molecule has 8 heteroatoms. The summed E-state index contributed by atoms with van der Waals surface area (Å²) in [6.07, 6.45) is 1.36. The predicted molar refractivity (Wildman–Crippen MR) is 119 cm³/mol. The minimum absolute atomic E-state index is 0.0549. The molecule has 1 unspecified atom stereocenters. The number of piperazine rings is 1. The fourth-order valence-corrected chi connectivity index (χ4v) is 4.26. The van der Waals surface area contributed by atoms with E-state index in [1.807, 2.05) is 30.0 Å². The third-order valence-corrected chi connectivity index (χ3v) is 6.12. The normalized spacial score (nSPS) is 23.9. The molecule has 2 amide bonds. The first-order valence-electron chi connectivity index (χ1n) is 10.9. The maximum atomic E-state index is 13.1. The van der Waals surface area contributed by atoms with Gasteiger partial charge in [0.1, 0.15) is 5.60 Å². The van der Waals surface area contributed by atoms with Crippen molar-refractivity contribution in [3.63, 3.8) is 0 Å². The Kier molecular flexibility index (Phi) is 8.27. The number of rotatable bonds is 5. The van der Waals surface area contributed by atoms with Crippen LogP contribution < -0.4 is 5.32 Å². The van der Waals surface area contributed by atoms with Crippen LogP contribution in [-0.2, 0) is 9.53 Å². The summed E-state index contributed by atoms with van der Waals surface area (Å²) in [7, 11) is 0. The first kappa shape index (κ1) is 24.3. The van der Waals surface area contributed by atoms with Crippen LogP contribution in [0.4, 0.5) is 4.79 Å². The summed E-state index contributed by atoms with van der Waals surface area (Å²) in [5.74, 6) is 0.591. The Morgan fingerprint density at radius 2 is 1.79 bits per heavy atom. The standard InChI is InChI=1S/C21H40N4O3S/c1-16(2)13-22-18(26)21(7-9-24(29)10-8-21)15-23-11-12-25(17(3)14-23)19(27)28-20(4,5)6/h16-17,29H,7-15H2,1-6H3,(H,22,26). The summed E-state index contributed by atoms with van der Waals surface area (Å²) >= 11 is 4.47. The third kappa shape index (κ3) is 7.03. The smallest absolute Gasteiger partial charge is 0.410 e. The summed E-state index contributed by atoms with van der Waals surface area (Å²) in [6, 6.07) is 0.0549. The van der Waals surface area contributed by atoms with Gasteiger partial charge in [-0.1, -0.05) is 26.7 Å². The van der Waals surface area contributed by atoms with Crippen LogP contribution in [0.25, 0.3) is 0 Å². The maximum Gasteiger partial charge on any atom is 0.410 e. The lowest BCUT2D eigenvalue weighted by atomic mass is 9.77. The molecule has 7 nitrogen and oxygen atoms in total. The SMILES string of the molecule is CC(C)CNC(=O)C1(CN2CCN(C(=O)OC(C)(C)C)C(C)C2)CCN(S)CC1. The van der Waals surface area contributed by atoms with Crippen LogP contribution in [0.1, 0.15) is 54.4 Å². The quantitative estimate of drug-likeness (QED) is 0.659. The van der Waals surface area contributed by atoms with Crippen LogP contribution >= 0.6 is 12.8 Å². The summed E-state index contributed by atoms with van der Waals surface area (Å²) in [5.41, 5.74) is -0.880. The van der Waals surface area contributed by atoms with Gasteiger partial charge in [-0.25, -0.2) is 4.79 Å². The van der Waals surface area contributed by atoms with Crippen molar-refractivity contribution in [1.82, 2.24) is 19.4 Å². The zero-order chi connectivity index (χ0) is 21.8. The van der Waals surface area contributed by atoms with Crippen LogP contribution in [0.3, 0.4) is 0 Å². The highest BCUT2D eigenvalue weighted by Gasteiger charge is 2.43. The molecule has 2 aliphatic heterocycles. The summed E-state index contributed by atoms with van der Waals surface area (Å²) in [6.45, 7) is 17.1. The van der Waals surface area contributed by atoms with E-state index in [0.29, 0.717) is 19.0 Å². The number of nitrogens with zero attached hydrogens (tertiary/aromatic N) is 3. The van der Waals surface area contributed by atoms with Gasteiger partial charge in [-0.2, -0.15) is 0 Å². The van der Waals surface area contributed by atoms with Crippen molar-refractivity contribution in [2.45, 2.75) is 66.0 Å². The summed E-state index contributed by atoms with van der Waals surface area (Å²) < 4.78 is 7.54. The van der Waals surface area contributed by atoms with Crippen LogP contribution in [0.2, 0.25) is 0 Å². The minimum Gasteiger partial charge on any atom is -0.444 e. The Morgan fingerprint density at radius 3 is 2.31 bits per heavy atom. The number of piperidine rings is 1. The molecule has 2 aliphatic rings. The Morgan fingerprint density at radius 1 is 1.17 bits per heavy atom. The lowest BCUT2D eigenvalue weighted by molar-refractivity contribution is -0.135. The molecule has 0 aromatic carbocycles. The van der Waals surface area contributed by atoms with Crippen molar-refractivity contribution in [3.05, 3.63) is 0 Å². The number of thiol groups is 1. The van der Waals surface area contributed by atoms with E-state index in [1.54, 1.807) is 0 Å². The van der Waals surface area contributed by atoms with E-state index < -0.39 is 5.60 Å². The highest BCUT2D eigenvalue weighted by molar-refractivity contribution is 7.77. The zero-order valence-corrected chi connectivity index (χ0v) is 19.9. The summed E-state index contributed by atoms with van der Waals surface area (Å²) in [5, 5.41) is 3.17. The maximum absolute atomic E-state index is 13.1. The van der Waals surface area contributed by atoms with Crippen molar-refractivity contribution in [3.8, 4) is 0 Å². The van der Waals surface area contributed by atoms with Crippen LogP contribution in [-0.4, -0.2) is 83.6 Å². The average molecular weight is 429 g/mol. The topological polar surface area (TPSA) is 65.1 Å². The van der Waals surface area contributed by atoms with E-state index >= 15 is 0 Å². The third-order valence-electron chi connectivity index (χ3n) is 5.72. The van der Waals surface area contributed by atoms with Gasteiger partial charge in [0, 0.05) is 51.9 Å². The highest BCUT2D eigenvalue weighted by atomic mass is 32.1. The van der Waals surface area contributed by atoms with Crippen molar-refractivity contribution in [2.24, 2.45) is 11.3 Å². The van der Waals surface area contributed by atoms with Gasteiger partial charge in [-0.05, 0) is 46.5 Å². The average Bonchev–Trinajstić information content (AvgIpc) is 2.60. The molecule has 2 saturated heterocycles. The van der Waals surface area contributed by atoms with E-state index in [9.17, 15) is 9.59 Å². The van der Waals surface area contributed by atoms with E-state index in [4.69, 9.17) is 4.74 Å². The second-order valence-electron chi connectivity index (χ2n) is 10.1. The number of carbonyl (C=O) groups excluding carboxylic acids is 2. The van der Waals surface area contributed by atoms with E-state index in [1.165, 1.54) is 0 Å². The van der Waals surface area contributed by atoms with Gasteiger partial charge < -0.3 is 15.0 Å². The number of nitrogens with one attached hydrogen (secondary N) is 1. The molecule has 0 aliphatic carbocycles. The first-order valence-corrected chi connectivity index (χ1v) is 11.3. The van der Waals surface area contributed by atoms with Gasteiger partial charge in [0.2, 0.25) is 5.91 Å². The summed E-state index contributed by atoms with van der Waals surface area (Å²) in [4.78, 5) is 29.8. The number of hydrogen-bond acceptors (Lipinski definition) is 6. The van der Waals surface area contributed by atoms with Crippen LogP contribution in [0.5, 0.6) is 0 Å². The van der Waals surface area contributed by atoms with Crippen LogP contribution in [0, 0.1) is 11.3 Å². The van der Waals surface area contributed by atoms with Gasteiger partial charge >= 0.3 is 6.09 Å². The second kappa shape index (κ2) is 9.88. The van der Waals surface area contributed by atoms with Crippen molar-refractivity contribution in [1.29, 1.82) is 0 Å². The van der Waals surface area contributed by atoms with E-state index in [2.05, 4.69) is 43.8 Å². The van der Waals surface area contributed by atoms with Gasteiger partial charge in [-0.15, -0.1) is 0 Å². The largest absolute Gasteiger partial charge is 0.444 e. The molecule has 0 spiro atoms. The molecule has 0 saturated carbocycles. The van der Waals surface area contributed by atoms with Gasteiger partial charge in [-0.3, -0.25) is 14.0 Å². The molecule has 29 heavy (non-hydrogen) atoms. The zero-order valence-electron chi connectivity index (χ0n) is 19.0. The number of hydrogen-bond donors (Lipinski definition) is 2. The van der Waals surface area contributed by atoms with Crippen molar-refractivity contribution < 1.29 is 14.3 Å². The van der Waals surface area contributed by atoms with Crippen molar-refractivity contribution in [2.75, 3.05) is 45.8 Å². The lowest BCUT2D eigenvalue weighted by Crippen LogP contribution is -2.59. The Labute approximate surface area is 182 Å². The molecule has 168 valence electrons. The Balaban J connectivity index is 2.01. The highest BCUT2D eigenvalue weighted by Crippen LogP contribution is 2.34. The van der Waals surface area contributed by atoms with Gasteiger partial charge in [0.25, 0.3) is 0 Å². The molecule has 2 heterocycles.